The van der Waals surface area contributed by atoms with Crippen molar-refractivity contribution in [2.45, 2.75) is 6.54 Å². The third-order valence-electron chi connectivity index (χ3n) is 1.31. The topological polar surface area (TPSA) is 24.9 Å². The van der Waals surface area contributed by atoms with Gasteiger partial charge in [0, 0.05) is 6.54 Å². The van der Waals surface area contributed by atoms with Crippen molar-refractivity contribution < 1.29 is 0 Å². The minimum Gasteiger partial charge on any atom is -0.301 e. The van der Waals surface area contributed by atoms with Crippen LogP contribution in [0.15, 0.2) is 22.8 Å². The van der Waals surface area contributed by atoms with Gasteiger partial charge in [0.25, 0.3) is 0 Å². The smallest absolute Gasteiger partial charge is 0.106 e. The van der Waals surface area contributed by atoms with Crippen LogP contribution in [-0.2, 0) is 6.54 Å². The van der Waals surface area contributed by atoms with E-state index in [2.05, 4.69) is 32.2 Å². The molecule has 0 aliphatic carbocycles. The summed E-state index contributed by atoms with van der Waals surface area (Å²) in [6, 6.07) is 5.79. The van der Waals surface area contributed by atoms with Gasteiger partial charge in [-0.15, -0.1) is 6.42 Å². The Kier molecular flexibility index (Phi) is 3.78. The Bertz CT molecular complexity index is 291. The van der Waals surface area contributed by atoms with Gasteiger partial charge in [-0.05, 0) is 28.1 Å². The molecule has 0 aromatic carbocycles. The van der Waals surface area contributed by atoms with E-state index in [1.54, 1.807) is 0 Å². The van der Waals surface area contributed by atoms with Crippen molar-refractivity contribution in [3.8, 4) is 12.3 Å². The molecule has 1 heterocycles. The molecule has 1 N–H and O–H groups in total. The van der Waals surface area contributed by atoms with E-state index in [1.165, 1.54) is 0 Å². The van der Waals surface area contributed by atoms with Gasteiger partial charge in [-0.1, -0.05) is 12.0 Å². The third-order valence-corrected chi connectivity index (χ3v) is 1.75. The molecule has 0 saturated carbocycles. The maximum Gasteiger partial charge on any atom is 0.106 e. The number of nitrogens with zero attached hydrogens (tertiary/aromatic N) is 1. The molecule has 1 aromatic rings. The normalized spacial score (nSPS) is 9.33. The zero-order chi connectivity index (χ0) is 8.81. The Hall–Kier alpha value is -0.850. The number of hydrogen-bond donors (Lipinski definition) is 1. The van der Waals surface area contributed by atoms with Gasteiger partial charge in [0.15, 0.2) is 0 Å². The van der Waals surface area contributed by atoms with Crippen LogP contribution in [0.4, 0.5) is 0 Å². The van der Waals surface area contributed by atoms with Gasteiger partial charge in [-0.25, -0.2) is 4.98 Å². The number of pyridine rings is 1. The molecule has 0 aliphatic rings. The van der Waals surface area contributed by atoms with Gasteiger partial charge >= 0.3 is 0 Å². The van der Waals surface area contributed by atoms with E-state index in [-0.39, 0.29) is 0 Å². The molecule has 2 nitrogen and oxygen atoms in total. The van der Waals surface area contributed by atoms with E-state index in [9.17, 15) is 0 Å². The Labute approximate surface area is 80.5 Å². The van der Waals surface area contributed by atoms with Crippen LogP contribution in [0.3, 0.4) is 0 Å². The average molecular weight is 225 g/mol. The molecule has 1 rings (SSSR count). The maximum atomic E-state index is 5.08. The van der Waals surface area contributed by atoms with Crippen molar-refractivity contribution >= 4 is 15.9 Å². The second kappa shape index (κ2) is 4.91. The van der Waals surface area contributed by atoms with Crippen molar-refractivity contribution in [3.63, 3.8) is 0 Å². The zero-order valence-electron chi connectivity index (χ0n) is 6.55. The van der Waals surface area contributed by atoms with Crippen LogP contribution >= 0.6 is 15.9 Å². The molecule has 0 bridgehead atoms. The molecular formula is C9H9BrN2. The van der Waals surface area contributed by atoms with Gasteiger partial charge in [-0.3, -0.25) is 0 Å². The summed E-state index contributed by atoms with van der Waals surface area (Å²) in [5.74, 6) is 2.50. The Morgan fingerprint density at radius 2 is 2.42 bits per heavy atom. The molecule has 62 valence electrons. The van der Waals surface area contributed by atoms with E-state index in [0.29, 0.717) is 13.1 Å². The molecule has 0 radical (unpaired) electrons. The second-order valence-electron chi connectivity index (χ2n) is 2.26. The number of terminal acetylenes is 1. The van der Waals surface area contributed by atoms with Crippen LogP contribution < -0.4 is 5.32 Å². The lowest BCUT2D eigenvalue weighted by molar-refractivity contribution is 0.747. The minimum atomic E-state index is 0.578. The summed E-state index contributed by atoms with van der Waals surface area (Å²) in [4.78, 5) is 4.23. The lowest BCUT2D eigenvalue weighted by Crippen LogP contribution is -2.13. The molecular weight excluding hydrogens is 216 g/mol. The third kappa shape index (κ3) is 3.04. The molecule has 0 spiro atoms. The fraction of sp³-hybridized carbons (Fsp3) is 0.222. The predicted molar refractivity (Wildman–Crippen MR) is 52.5 cm³/mol. The molecule has 0 saturated heterocycles. The highest BCUT2D eigenvalue weighted by Gasteiger charge is 1.92. The highest BCUT2D eigenvalue weighted by Crippen LogP contribution is 2.05. The van der Waals surface area contributed by atoms with Gasteiger partial charge in [0.2, 0.25) is 0 Å². The maximum absolute atomic E-state index is 5.08. The van der Waals surface area contributed by atoms with Gasteiger partial charge in [-0.2, -0.15) is 0 Å². The largest absolute Gasteiger partial charge is 0.301 e. The first-order valence-electron chi connectivity index (χ1n) is 3.58. The minimum absolute atomic E-state index is 0.578. The quantitative estimate of drug-likeness (QED) is 0.479. The molecule has 0 fully saturated rings. The summed E-state index contributed by atoms with van der Waals surface area (Å²) in [5.41, 5.74) is 0.986. The summed E-state index contributed by atoms with van der Waals surface area (Å²) < 4.78 is 0.850. The Balaban J connectivity index is 2.48. The standard InChI is InChI=1S/C9H9BrN2/c1-2-6-11-7-8-4-3-5-9(10)12-8/h1,3-5,11H,6-7H2. The first kappa shape index (κ1) is 9.24. The first-order chi connectivity index (χ1) is 5.83. The number of rotatable bonds is 3. The highest BCUT2D eigenvalue weighted by atomic mass is 79.9. The van der Waals surface area contributed by atoms with E-state index in [1.807, 2.05) is 18.2 Å². The summed E-state index contributed by atoms with van der Waals surface area (Å²) >= 11 is 3.29. The van der Waals surface area contributed by atoms with Crippen molar-refractivity contribution in [1.82, 2.24) is 10.3 Å². The van der Waals surface area contributed by atoms with Crippen molar-refractivity contribution in [2.75, 3.05) is 6.54 Å². The molecule has 3 heteroatoms. The number of halogens is 1. The van der Waals surface area contributed by atoms with Crippen LogP contribution in [0.5, 0.6) is 0 Å². The van der Waals surface area contributed by atoms with Crippen molar-refractivity contribution in [3.05, 3.63) is 28.5 Å². The van der Waals surface area contributed by atoms with Gasteiger partial charge in [0.1, 0.15) is 4.60 Å². The molecule has 1 aromatic heterocycles. The second-order valence-corrected chi connectivity index (χ2v) is 3.07. The molecule has 12 heavy (non-hydrogen) atoms. The Morgan fingerprint density at radius 1 is 1.58 bits per heavy atom. The van der Waals surface area contributed by atoms with Crippen LogP contribution in [0.1, 0.15) is 5.69 Å². The monoisotopic (exact) mass is 224 g/mol. The molecule has 0 atom stereocenters. The average Bonchev–Trinajstić information content (AvgIpc) is 2.05. The van der Waals surface area contributed by atoms with Gasteiger partial charge in [0.05, 0.1) is 12.2 Å². The van der Waals surface area contributed by atoms with E-state index in [4.69, 9.17) is 6.42 Å². The molecule has 0 aliphatic heterocycles. The van der Waals surface area contributed by atoms with E-state index >= 15 is 0 Å². The van der Waals surface area contributed by atoms with Crippen LogP contribution in [-0.4, -0.2) is 11.5 Å². The number of aromatic nitrogens is 1. The number of hydrogen-bond acceptors (Lipinski definition) is 2. The first-order valence-corrected chi connectivity index (χ1v) is 4.38. The molecule has 0 unspecified atom stereocenters. The summed E-state index contributed by atoms with van der Waals surface area (Å²) in [6.45, 7) is 1.29. The molecule has 0 amide bonds. The SMILES string of the molecule is C#CCNCc1cccc(Br)n1. The van der Waals surface area contributed by atoms with Crippen molar-refractivity contribution in [1.29, 1.82) is 0 Å². The predicted octanol–water partition coefficient (Wildman–Crippen LogP) is 1.57. The van der Waals surface area contributed by atoms with Crippen LogP contribution in [0.25, 0.3) is 0 Å². The Morgan fingerprint density at radius 3 is 3.08 bits per heavy atom. The zero-order valence-corrected chi connectivity index (χ0v) is 8.13. The van der Waals surface area contributed by atoms with Crippen molar-refractivity contribution in [2.24, 2.45) is 0 Å². The van der Waals surface area contributed by atoms with Crippen LogP contribution in [0.2, 0.25) is 0 Å². The fourth-order valence-corrected chi connectivity index (χ4v) is 1.19. The number of nitrogens with one attached hydrogen (secondary N) is 1. The van der Waals surface area contributed by atoms with Gasteiger partial charge < -0.3 is 5.32 Å². The van der Waals surface area contributed by atoms with Crippen LogP contribution in [0, 0.1) is 12.3 Å². The fourth-order valence-electron chi connectivity index (χ4n) is 0.812. The van der Waals surface area contributed by atoms with E-state index < -0.39 is 0 Å². The summed E-state index contributed by atoms with van der Waals surface area (Å²) in [5, 5.41) is 3.06. The lowest BCUT2D eigenvalue weighted by Gasteiger charge is -1.99. The van der Waals surface area contributed by atoms with E-state index in [0.717, 1.165) is 10.3 Å². The highest BCUT2D eigenvalue weighted by molar-refractivity contribution is 9.10. The lowest BCUT2D eigenvalue weighted by atomic mass is 10.3. The summed E-state index contributed by atoms with van der Waals surface area (Å²) in [6.07, 6.45) is 5.08. The summed E-state index contributed by atoms with van der Waals surface area (Å²) in [7, 11) is 0.